The summed E-state index contributed by atoms with van der Waals surface area (Å²) >= 11 is 2.85. The van der Waals surface area contributed by atoms with Gasteiger partial charge >= 0.3 is 0 Å². The van der Waals surface area contributed by atoms with Crippen LogP contribution in [0.4, 0.5) is 5.88 Å². The Kier molecular flexibility index (Phi) is 4.25. The van der Waals surface area contributed by atoms with Crippen LogP contribution in [-0.2, 0) is 4.79 Å². The summed E-state index contributed by atoms with van der Waals surface area (Å²) < 4.78 is 4.96. The van der Waals surface area contributed by atoms with E-state index in [0.717, 1.165) is 4.88 Å². The second-order valence-electron chi connectivity index (χ2n) is 4.53. The topological polar surface area (TPSA) is 96.7 Å². The molecule has 0 saturated carbocycles. The number of nitrogens with one attached hydrogen (secondary N) is 2. The maximum Gasteiger partial charge on any atom is 0.240 e. The quantitative estimate of drug-likeness (QED) is 0.696. The largest absolute Gasteiger partial charge is 0.338 e. The average Bonchev–Trinajstić information content (AvgIpc) is 3.20. The SMILES string of the molecule is Cc1cc(NC(=O)C(C)Sc2n[nH]c(-c3cccs3)n2)on1. The number of aryl methyl sites for hydroxylation is 1. The maximum atomic E-state index is 12.1. The molecule has 0 aliphatic carbocycles. The molecule has 0 aliphatic rings. The third-order valence-corrected chi connectivity index (χ3v) is 4.58. The third-order valence-electron chi connectivity index (χ3n) is 2.75. The van der Waals surface area contributed by atoms with Gasteiger partial charge in [0, 0.05) is 6.07 Å². The Hall–Kier alpha value is -2.13. The molecule has 3 heterocycles. The fourth-order valence-corrected chi connectivity index (χ4v) is 3.07. The monoisotopic (exact) mass is 335 g/mol. The van der Waals surface area contributed by atoms with E-state index in [0.29, 0.717) is 22.6 Å². The summed E-state index contributed by atoms with van der Waals surface area (Å²) in [6.45, 7) is 3.57. The van der Waals surface area contributed by atoms with Gasteiger partial charge in [0.05, 0.1) is 15.8 Å². The molecule has 3 aromatic heterocycles. The van der Waals surface area contributed by atoms with Crippen LogP contribution in [0.15, 0.2) is 33.3 Å². The van der Waals surface area contributed by atoms with E-state index in [1.54, 1.807) is 31.3 Å². The van der Waals surface area contributed by atoms with Crippen molar-refractivity contribution in [2.45, 2.75) is 24.3 Å². The number of aromatic amines is 1. The smallest absolute Gasteiger partial charge is 0.240 e. The van der Waals surface area contributed by atoms with Crippen LogP contribution < -0.4 is 5.32 Å². The van der Waals surface area contributed by atoms with Crippen molar-refractivity contribution in [2.24, 2.45) is 0 Å². The van der Waals surface area contributed by atoms with Gasteiger partial charge in [0.15, 0.2) is 5.82 Å². The molecule has 0 spiro atoms. The van der Waals surface area contributed by atoms with Crippen LogP contribution in [0.1, 0.15) is 12.6 Å². The number of carbonyl (C=O) groups excluding carboxylic acids is 1. The van der Waals surface area contributed by atoms with Crippen LogP contribution in [0.5, 0.6) is 0 Å². The highest BCUT2D eigenvalue weighted by Crippen LogP contribution is 2.25. The molecule has 114 valence electrons. The minimum absolute atomic E-state index is 0.191. The van der Waals surface area contributed by atoms with Gasteiger partial charge in [-0.1, -0.05) is 23.0 Å². The van der Waals surface area contributed by atoms with Gasteiger partial charge in [0.1, 0.15) is 0 Å². The van der Waals surface area contributed by atoms with Crippen molar-refractivity contribution in [1.29, 1.82) is 0 Å². The number of carbonyl (C=O) groups is 1. The Balaban J connectivity index is 1.61. The first kappa shape index (κ1) is 14.8. The normalized spacial score (nSPS) is 12.3. The highest BCUT2D eigenvalue weighted by Gasteiger charge is 2.19. The van der Waals surface area contributed by atoms with E-state index in [1.165, 1.54) is 11.8 Å². The fraction of sp³-hybridized carbons (Fsp3) is 0.231. The number of H-pyrrole nitrogens is 1. The zero-order chi connectivity index (χ0) is 15.5. The van der Waals surface area contributed by atoms with E-state index < -0.39 is 0 Å². The Morgan fingerprint density at radius 3 is 3.09 bits per heavy atom. The summed E-state index contributed by atoms with van der Waals surface area (Å²) in [5.74, 6) is 0.851. The van der Waals surface area contributed by atoms with E-state index in [2.05, 4.69) is 25.7 Å². The van der Waals surface area contributed by atoms with Gasteiger partial charge in [0.25, 0.3) is 0 Å². The van der Waals surface area contributed by atoms with Crippen molar-refractivity contribution in [3.63, 3.8) is 0 Å². The molecule has 0 bridgehead atoms. The van der Waals surface area contributed by atoms with Gasteiger partial charge < -0.3 is 4.52 Å². The van der Waals surface area contributed by atoms with Crippen molar-refractivity contribution in [2.75, 3.05) is 5.32 Å². The minimum atomic E-state index is -0.364. The summed E-state index contributed by atoms with van der Waals surface area (Å²) in [4.78, 5) is 17.5. The van der Waals surface area contributed by atoms with E-state index >= 15 is 0 Å². The third kappa shape index (κ3) is 3.37. The summed E-state index contributed by atoms with van der Waals surface area (Å²) in [7, 11) is 0. The number of rotatable bonds is 5. The molecular weight excluding hydrogens is 322 g/mol. The molecule has 22 heavy (non-hydrogen) atoms. The van der Waals surface area contributed by atoms with Crippen LogP contribution in [0, 0.1) is 6.92 Å². The highest BCUT2D eigenvalue weighted by molar-refractivity contribution is 8.00. The fourth-order valence-electron chi connectivity index (χ4n) is 1.68. The van der Waals surface area contributed by atoms with Gasteiger partial charge in [-0.25, -0.2) is 4.98 Å². The zero-order valence-corrected chi connectivity index (χ0v) is 13.5. The lowest BCUT2D eigenvalue weighted by molar-refractivity contribution is -0.115. The summed E-state index contributed by atoms with van der Waals surface area (Å²) in [5, 5.41) is 15.5. The number of nitrogens with zero attached hydrogens (tertiary/aromatic N) is 3. The standard InChI is InChI=1S/C13H13N5O2S2/c1-7-6-10(20-18-7)14-12(19)8(2)22-13-15-11(16-17-13)9-4-3-5-21-9/h3-6,8H,1-2H3,(H,14,19)(H,15,16,17). The van der Waals surface area contributed by atoms with Crippen LogP contribution in [0.3, 0.4) is 0 Å². The summed E-state index contributed by atoms with van der Waals surface area (Å²) in [5.41, 5.74) is 0.713. The van der Waals surface area contributed by atoms with E-state index in [-0.39, 0.29) is 11.2 Å². The molecule has 1 unspecified atom stereocenters. The van der Waals surface area contributed by atoms with Gasteiger partial charge in [-0.15, -0.1) is 16.4 Å². The molecule has 0 radical (unpaired) electrons. The first-order chi connectivity index (χ1) is 10.6. The molecule has 7 nitrogen and oxygen atoms in total. The van der Waals surface area contributed by atoms with Gasteiger partial charge in [0.2, 0.25) is 16.9 Å². The molecule has 9 heteroatoms. The number of thioether (sulfide) groups is 1. The second-order valence-corrected chi connectivity index (χ2v) is 6.78. The molecular formula is C13H13N5O2S2. The Labute approximate surface area is 134 Å². The molecule has 1 atom stereocenters. The first-order valence-corrected chi connectivity index (χ1v) is 8.25. The molecule has 0 fully saturated rings. The maximum absolute atomic E-state index is 12.1. The van der Waals surface area contributed by atoms with E-state index in [1.807, 2.05) is 17.5 Å². The molecule has 2 N–H and O–H groups in total. The minimum Gasteiger partial charge on any atom is -0.338 e. The number of aromatic nitrogens is 4. The van der Waals surface area contributed by atoms with Crippen LogP contribution in [0.2, 0.25) is 0 Å². The Bertz CT molecular complexity index is 765. The average molecular weight is 335 g/mol. The predicted molar refractivity (Wildman–Crippen MR) is 84.9 cm³/mol. The lowest BCUT2D eigenvalue weighted by Crippen LogP contribution is -2.22. The van der Waals surface area contributed by atoms with Crippen LogP contribution in [0.25, 0.3) is 10.7 Å². The molecule has 0 aliphatic heterocycles. The van der Waals surface area contributed by atoms with Crippen LogP contribution >= 0.6 is 23.1 Å². The highest BCUT2D eigenvalue weighted by atomic mass is 32.2. The summed E-state index contributed by atoms with van der Waals surface area (Å²) in [6.07, 6.45) is 0. The molecule has 3 rings (SSSR count). The number of hydrogen-bond donors (Lipinski definition) is 2. The zero-order valence-electron chi connectivity index (χ0n) is 11.9. The van der Waals surface area contributed by atoms with Gasteiger partial charge in [-0.3, -0.25) is 15.2 Å². The number of hydrogen-bond acceptors (Lipinski definition) is 7. The van der Waals surface area contributed by atoms with Crippen molar-refractivity contribution in [3.05, 3.63) is 29.3 Å². The molecule has 3 aromatic rings. The van der Waals surface area contributed by atoms with Crippen molar-refractivity contribution >= 4 is 34.9 Å². The Morgan fingerprint density at radius 2 is 2.41 bits per heavy atom. The second kappa shape index (κ2) is 6.32. The predicted octanol–water partition coefficient (Wildman–Crippen LogP) is 2.95. The van der Waals surface area contributed by atoms with Crippen molar-refractivity contribution in [3.8, 4) is 10.7 Å². The van der Waals surface area contributed by atoms with Crippen molar-refractivity contribution in [1.82, 2.24) is 20.3 Å². The number of anilines is 1. The van der Waals surface area contributed by atoms with Crippen LogP contribution in [-0.4, -0.2) is 31.5 Å². The van der Waals surface area contributed by atoms with Gasteiger partial charge in [-0.05, 0) is 25.3 Å². The van der Waals surface area contributed by atoms with E-state index in [9.17, 15) is 4.79 Å². The number of thiophene rings is 1. The van der Waals surface area contributed by atoms with E-state index in [4.69, 9.17) is 4.52 Å². The van der Waals surface area contributed by atoms with Gasteiger partial charge in [-0.2, -0.15) is 0 Å². The molecule has 1 amide bonds. The Morgan fingerprint density at radius 1 is 1.55 bits per heavy atom. The first-order valence-electron chi connectivity index (χ1n) is 6.49. The molecule has 0 aromatic carbocycles. The molecule has 0 saturated heterocycles. The summed E-state index contributed by atoms with van der Waals surface area (Å²) in [6, 6.07) is 5.57. The number of amides is 1. The lowest BCUT2D eigenvalue weighted by Gasteiger charge is -2.07. The lowest BCUT2D eigenvalue weighted by atomic mass is 10.4. The van der Waals surface area contributed by atoms with Crippen molar-refractivity contribution < 1.29 is 9.32 Å².